The maximum atomic E-state index is 13.3. The quantitative estimate of drug-likeness (QED) is 0.477. The van der Waals surface area contributed by atoms with Crippen LogP contribution in [0, 0.1) is 0 Å². The number of methoxy groups -OCH3 is 2. The topological polar surface area (TPSA) is 79.2 Å². The van der Waals surface area contributed by atoms with Gasteiger partial charge in [0.05, 0.1) is 12.1 Å². The van der Waals surface area contributed by atoms with Crippen molar-refractivity contribution in [2.75, 3.05) is 27.6 Å². The maximum Gasteiger partial charge on any atom is 0.413 e. The first kappa shape index (κ1) is 23.7. The van der Waals surface area contributed by atoms with Crippen molar-refractivity contribution in [2.45, 2.75) is 52.5 Å². The summed E-state index contributed by atoms with van der Waals surface area (Å²) in [5.74, 6) is -0.576. The maximum absolute atomic E-state index is 13.3. The minimum Gasteiger partial charge on any atom is -0.464 e. The molecule has 1 atom stereocenters. The number of aromatic nitrogens is 1. The van der Waals surface area contributed by atoms with E-state index in [2.05, 4.69) is 0 Å². The van der Waals surface area contributed by atoms with Crippen LogP contribution in [-0.4, -0.2) is 54.7 Å². The molecule has 0 aliphatic rings. The summed E-state index contributed by atoms with van der Waals surface area (Å²) >= 11 is 0. The van der Waals surface area contributed by atoms with Gasteiger partial charge in [0, 0.05) is 31.4 Å². The van der Waals surface area contributed by atoms with E-state index < -0.39 is 23.2 Å². The monoisotopic (exact) mass is 420 g/mol. The number of benzene rings is 1. The summed E-state index contributed by atoms with van der Waals surface area (Å²) in [6, 6.07) is 7.61. The number of nitrogens with zero attached hydrogens (tertiary/aromatic N) is 2. The van der Waals surface area contributed by atoms with Crippen LogP contribution in [0.15, 0.2) is 30.5 Å². The van der Waals surface area contributed by atoms with Crippen molar-refractivity contribution in [1.29, 1.82) is 0 Å². The average Bonchev–Trinajstić information content (AvgIpc) is 3.04. The van der Waals surface area contributed by atoms with E-state index in [0.29, 0.717) is 5.56 Å². The molecule has 1 aromatic heterocycles. The molecule has 1 amide bonds. The lowest BCUT2D eigenvalue weighted by molar-refractivity contribution is -0.160. The number of carbonyl (C=O) groups is 2. The highest BCUT2D eigenvalue weighted by molar-refractivity contribution is 5.94. The number of fused-ring (bicyclic) bond motifs is 1. The van der Waals surface area contributed by atoms with E-state index in [-0.39, 0.29) is 20.1 Å². The molecule has 1 aromatic carbocycles. The van der Waals surface area contributed by atoms with Crippen molar-refractivity contribution in [3.8, 4) is 0 Å². The predicted octanol–water partition coefficient (Wildman–Crippen LogP) is 3.86. The fraction of sp³-hybridized carbons (Fsp3) is 0.545. The Hall–Kier alpha value is -2.58. The fourth-order valence-corrected chi connectivity index (χ4v) is 3.33. The summed E-state index contributed by atoms with van der Waals surface area (Å²) in [6.07, 6.45) is 1.13. The van der Waals surface area contributed by atoms with Gasteiger partial charge in [0.25, 0.3) is 0 Å². The predicted molar refractivity (Wildman–Crippen MR) is 113 cm³/mol. The minimum absolute atomic E-state index is 0.159. The largest absolute Gasteiger partial charge is 0.464 e. The van der Waals surface area contributed by atoms with E-state index in [0.717, 1.165) is 10.9 Å². The molecule has 2 aromatic rings. The van der Waals surface area contributed by atoms with Crippen molar-refractivity contribution in [3.63, 3.8) is 0 Å². The van der Waals surface area contributed by atoms with Crippen LogP contribution >= 0.6 is 0 Å². The molecule has 0 aliphatic heterocycles. The van der Waals surface area contributed by atoms with Crippen molar-refractivity contribution in [3.05, 3.63) is 36.0 Å². The van der Waals surface area contributed by atoms with Gasteiger partial charge in [-0.05, 0) is 40.7 Å². The van der Waals surface area contributed by atoms with Crippen LogP contribution in [0.1, 0.15) is 40.2 Å². The molecule has 2 rings (SSSR count). The van der Waals surface area contributed by atoms with Crippen LogP contribution < -0.4 is 0 Å². The van der Waals surface area contributed by atoms with Crippen molar-refractivity contribution >= 4 is 23.0 Å². The zero-order valence-electron chi connectivity index (χ0n) is 18.9. The highest BCUT2D eigenvalue weighted by Gasteiger charge is 2.48. The van der Waals surface area contributed by atoms with Gasteiger partial charge < -0.3 is 23.5 Å². The number of carbonyl (C=O) groups excluding carboxylic acids is 2. The SMILES string of the molecule is CCOC(=O)[C@@](C)(c1cn(COC)c2ccccc12)N(COC)C(=O)OC(C)(C)C. The Balaban J connectivity index is 2.73. The third kappa shape index (κ3) is 4.76. The summed E-state index contributed by atoms with van der Waals surface area (Å²) in [7, 11) is 3.05. The van der Waals surface area contributed by atoms with Crippen LogP contribution in [0.2, 0.25) is 0 Å². The Morgan fingerprint density at radius 2 is 1.73 bits per heavy atom. The fourth-order valence-electron chi connectivity index (χ4n) is 3.33. The Morgan fingerprint density at radius 3 is 2.30 bits per heavy atom. The molecule has 0 bridgehead atoms. The van der Waals surface area contributed by atoms with Crippen molar-refractivity contribution in [1.82, 2.24) is 9.47 Å². The molecule has 8 heteroatoms. The average molecular weight is 421 g/mol. The second kappa shape index (κ2) is 9.49. The lowest BCUT2D eigenvalue weighted by Crippen LogP contribution is -2.55. The molecule has 0 fully saturated rings. The number of hydrogen-bond acceptors (Lipinski definition) is 6. The van der Waals surface area contributed by atoms with Gasteiger partial charge in [-0.25, -0.2) is 9.59 Å². The van der Waals surface area contributed by atoms with Gasteiger partial charge in [0.2, 0.25) is 0 Å². The standard InChI is InChI=1S/C22H32N2O6/c1-8-29-19(25)22(5,24(15-28-7)20(26)30-21(2,3)4)17-13-23(14-27-6)18-12-10-9-11-16(17)18/h9-13H,8,14-15H2,1-7H3/t22-/m1/s1. The molecule has 166 valence electrons. The molecule has 0 spiro atoms. The number of ether oxygens (including phenoxy) is 4. The van der Waals surface area contributed by atoms with Gasteiger partial charge in [0.1, 0.15) is 19.1 Å². The van der Waals surface area contributed by atoms with E-state index in [1.54, 1.807) is 47.9 Å². The Morgan fingerprint density at radius 1 is 1.07 bits per heavy atom. The first-order valence-corrected chi connectivity index (χ1v) is 9.84. The second-order valence-electron chi connectivity index (χ2n) is 8.07. The van der Waals surface area contributed by atoms with Crippen LogP contribution in [0.3, 0.4) is 0 Å². The lowest BCUT2D eigenvalue weighted by atomic mass is 9.90. The molecule has 0 unspecified atom stereocenters. The second-order valence-corrected chi connectivity index (χ2v) is 8.07. The molecule has 0 N–H and O–H groups in total. The van der Waals surface area contributed by atoms with Crippen molar-refractivity contribution < 1.29 is 28.5 Å². The first-order valence-electron chi connectivity index (χ1n) is 9.84. The zero-order chi connectivity index (χ0) is 22.5. The summed E-state index contributed by atoms with van der Waals surface area (Å²) in [4.78, 5) is 27.7. The van der Waals surface area contributed by atoms with Gasteiger partial charge >= 0.3 is 12.1 Å². The van der Waals surface area contributed by atoms with Crippen LogP contribution in [0.25, 0.3) is 10.9 Å². The Labute approximate surface area is 177 Å². The Bertz CT molecular complexity index is 885. The normalized spacial score (nSPS) is 13.7. The number of para-hydroxylation sites is 1. The molecule has 30 heavy (non-hydrogen) atoms. The number of amides is 1. The van der Waals surface area contributed by atoms with Gasteiger partial charge in [-0.1, -0.05) is 18.2 Å². The van der Waals surface area contributed by atoms with Gasteiger partial charge in [-0.15, -0.1) is 0 Å². The van der Waals surface area contributed by atoms with E-state index >= 15 is 0 Å². The molecule has 8 nitrogen and oxygen atoms in total. The molecule has 0 saturated carbocycles. The molecule has 1 heterocycles. The minimum atomic E-state index is -1.49. The summed E-state index contributed by atoms with van der Waals surface area (Å²) in [5.41, 5.74) is -0.779. The highest BCUT2D eigenvalue weighted by atomic mass is 16.6. The first-order chi connectivity index (χ1) is 14.1. The number of rotatable bonds is 8. The van der Waals surface area contributed by atoms with Gasteiger partial charge in [0.15, 0.2) is 5.54 Å². The van der Waals surface area contributed by atoms with E-state index in [1.807, 2.05) is 28.8 Å². The van der Waals surface area contributed by atoms with Crippen LogP contribution in [0.5, 0.6) is 0 Å². The summed E-state index contributed by atoms with van der Waals surface area (Å²) in [5, 5.41) is 0.801. The molecule has 0 aliphatic carbocycles. The van der Waals surface area contributed by atoms with Crippen LogP contribution in [-0.2, 0) is 36.0 Å². The summed E-state index contributed by atoms with van der Waals surface area (Å²) in [6.45, 7) is 8.96. The molecule has 0 saturated heterocycles. The lowest BCUT2D eigenvalue weighted by Gasteiger charge is -2.39. The van der Waals surface area contributed by atoms with E-state index in [4.69, 9.17) is 18.9 Å². The smallest absolute Gasteiger partial charge is 0.413 e. The van der Waals surface area contributed by atoms with Crippen LogP contribution in [0.4, 0.5) is 4.79 Å². The van der Waals surface area contributed by atoms with Gasteiger partial charge in [-0.3, -0.25) is 4.90 Å². The Kier molecular flexibility index (Phi) is 7.49. The molecule has 0 radical (unpaired) electrons. The summed E-state index contributed by atoms with van der Waals surface area (Å²) < 4.78 is 23.5. The molecular formula is C22H32N2O6. The third-order valence-corrected chi connectivity index (χ3v) is 4.67. The third-order valence-electron chi connectivity index (χ3n) is 4.67. The highest BCUT2D eigenvalue weighted by Crippen LogP contribution is 2.37. The number of esters is 1. The molecular weight excluding hydrogens is 388 g/mol. The van der Waals surface area contributed by atoms with Crippen molar-refractivity contribution in [2.24, 2.45) is 0 Å². The van der Waals surface area contributed by atoms with E-state index in [1.165, 1.54) is 12.0 Å². The van der Waals surface area contributed by atoms with Gasteiger partial charge in [-0.2, -0.15) is 0 Å². The number of hydrogen-bond donors (Lipinski definition) is 0. The van der Waals surface area contributed by atoms with E-state index in [9.17, 15) is 9.59 Å². The zero-order valence-corrected chi connectivity index (χ0v) is 18.9.